The Kier molecular flexibility index (Phi) is 5.76. The average molecular weight is 446 g/mol. The quantitative estimate of drug-likeness (QED) is 0.572. The van der Waals surface area contributed by atoms with Gasteiger partial charge in [-0.3, -0.25) is 10.1 Å². The largest absolute Gasteiger partial charge is 0.338 e. The van der Waals surface area contributed by atoms with Crippen molar-refractivity contribution in [2.24, 2.45) is 18.4 Å². The van der Waals surface area contributed by atoms with E-state index in [2.05, 4.69) is 47.5 Å². The molecular formula is C21H27N5O2S2. The molecule has 1 unspecified atom stereocenters. The molecule has 0 saturated carbocycles. The van der Waals surface area contributed by atoms with Crippen LogP contribution in [-0.2, 0) is 24.7 Å². The number of thiophene rings is 1. The maximum Gasteiger partial charge on any atom is 0.237 e. The molecule has 1 N–H and O–H groups in total. The standard InChI is InChI=1S/C21H27N5O2S2/c1-12-8-18(28-25-12)22-17(27)11-29-20-24-23-19(26(20)5)16-10-13-9-14(21(2,3)4)6-7-15(13)30-16/h8,10,14H,6-7,9,11H2,1-5H3,(H,22,27). The molecule has 0 aromatic carbocycles. The molecule has 1 aliphatic rings. The van der Waals surface area contributed by atoms with Crippen LogP contribution in [0.2, 0.25) is 0 Å². The van der Waals surface area contributed by atoms with Crippen LogP contribution in [0.4, 0.5) is 5.88 Å². The molecule has 4 rings (SSSR count). The molecule has 1 aliphatic carbocycles. The van der Waals surface area contributed by atoms with Crippen molar-refractivity contribution in [3.05, 3.63) is 28.3 Å². The smallest absolute Gasteiger partial charge is 0.237 e. The molecule has 3 heterocycles. The SMILES string of the molecule is Cc1cc(NC(=O)CSc2nnc(-c3cc4c(s3)CCC(C(C)(C)C)C4)n2C)on1. The number of carbonyl (C=O) groups is 1. The summed E-state index contributed by atoms with van der Waals surface area (Å²) in [5.41, 5.74) is 2.52. The van der Waals surface area contributed by atoms with Gasteiger partial charge in [-0.05, 0) is 49.1 Å². The van der Waals surface area contributed by atoms with Crippen molar-refractivity contribution in [1.82, 2.24) is 19.9 Å². The van der Waals surface area contributed by atoms with Crippen LogP contribution in [0.25, 0.3) is 10.7 Å². The molecular weight excluding hydrogens is 418 g/mol. The number of hydrogen-bond acceptors (Lipinski definition) is 7. The summed E-state index contributed by atoms with van der Waals surface area (Å²) in [5, 5.41) is 15.9. The third-order valence-corrected chi connectivity index (χ3v) is 7.84. The number of amides is 1. The lowest BCUT2D eigenvalue weighted by molar-refractivity contribution is -0.113. The first kappa shape index (κ1) is 21.1. The summed E-state index contributed by atoms with van der Waals surface area (Å²) < 4.78 is 6.99. The Morgan fingerprint density at radius 3 is 2.87 bits per heavy atom. The van der Waals surface area contributed by atoms with Crippen LogP contribution in [0, 0.1) is 18.3 Å². The molecule has 0 radical (unpaired) electrons. The summed E-state index contributed by atoms with van der Waals surface area (Å²) >= 11 is 3.18. The molecule has 160 valence electrons. The van der Waals surface area contributed by atoms with Gasteiger partial charge in [-0.1, -0.05) is 37.7 Å². The molecule has 9 heteroatoms. The molecule has 3 aromatic rings. The highest BCUT2D eigenvalue weighted by atomic mass is 32.2. The fourth-order valence-corrected chi connectivity index (χ4v) is 5.69. The fourth-order valence-electron chi connectivity index (χ4n) is 3.75. The normalized spacial score (nSPS) is 16.5. The number of anilines is 1. The first-order chi connectivity index (χ1) is 14.2. The summed E-state index contributed by atoms with van der Waals surface area (Å²) in [6.07, 6.45) is 3.52. The van der Waals surface area contributed by atoms with Crippen LogP contribution < -0.4 is 5.32 Å². The molecule has 0 fully saturated rings. The highest BCUT2D eigenvalue weighted by molar-refractivity contribution is 7.99. The Morgan fingerprint density at radius 2 is 2.17 bits per heavy atom. The van der Waals surface area contributed by atoms with Gasteiger partial charge in [-0.25, -0.2) is 0 Å². The van der Waals surface area contributed by atoms with Crippen LogP contribution in [0.15, 0.2) is 21.8 Å². The van der Waals surface area contributed by atoms with Crippen molar-refractivity contribution in [3.63, 3.8) is 0 Å². The number of nitrogens with zero attached hydrogens (tertiary/aromatic N) is 4. The number of carbonyl (C=O) groups excluding carboxylic acids is 1. The monoisotopic (exact) mass is 445 g/mol. The minimum Gasteiger partial charge on any atom is -0.338 e. The number of aryl methyl sites for hydroxylation is 2. The minimum absolute atomic E-state index is 0.166. The van der Waals surface area contributed by atoms with E-state index in [-0.39, 0.29) is 11.7 Å². The summed E-state index contributed by atoms with van der Waals surface area (Å²) in [7, 11) is 1.95. The van der Waals surface area contributed by atoms with Crippen molar-refractivity contribution < 1.29 is 9.32 Å². The molecule has 0 bridgehead atoms. The lowest BCUT2D eigenvalue weighted by Crippen LogP contribution is -2.26. The van der Waals surface area contributed by atoms with E-state index in [1.54, 1.807) is 13.0 Å². The predicted molar refractivity (Wildman–Crippen MR) is 120 cm³/mol. The van der Waals surface area contributed by atoms with Gasteiger partial charge in [0.15, 0.2) is 11.0 Å². The van der Waals surface area contributed by atoms with Crippen molar-refractivity contribution in [1.29, 1.82) is 0 Å². The van der Waals surface area contributed by atoms with Gasteiger partial charge in [0, 0.05) is 18.0 Å². The molecule has 1 amide bonds. The summed E-state index contributed by atoms with van der Waals surface area (Å²) in [5.74, 6) is 1.98. The van der Waals surface area contributed by atoms with Crippen molar-refractivity contribution >= 4 is 34.9 Å². The minimum atomic E-state index is -0.166. The third-order valence-electron chi connectivity index (χ3n) is 5.59. The maximum absolute atomic E-state index is 12.2. The lowest BCUT2D eigenvalue weighted by atomic mass is 9.72. The molecule has 0 saturated heterocycles. The zero-order valence-electron chi connectivity index (χ0n) is 18.0. The van der Waals surface area contributed by atoms with E-state index >= 15 is 0 Å². The summed E-state index contributed by atoms with van der Waals surface area (Å²) in [4.78, 5) is 14.8. The second kappa shape index (κ2) is 8.19. The molecule has 30 heavy (non-hydrogen) atoms. The topological polar surface area (TPSA) is 85.8 Å². The number of nitrogens with one attached hydrogen (secondary N) is 1. The van der Waals surface area contributed by atoms with E-state index in [9.17, 15) is 4.79 Å². The maximum atomic E-state index is 12.2. The van der Waals surface area contributed by atoms with Crippen molar-refractivity contribution in [2.75, 3.05) is 11.1 Å². The van der Waals surface area contributed by atoms with Gasteiger partial charge in [0.05, 0.1) is 16.3 Å². The van der Waals surface area contributed by atoms with Crippen molar-refractivity contribution in [2.45, 2.75) is 52.1 Å². The van der Waals surface area contributed by atoms with E-state index < -0.39 is 0 Å². The molecule has 3 aromatic heterocycles. The van der Waals surface area contributed by atoms with E-state index in [4.69, 9.17) is 4.52 Å². The molecule has 7 nitrogen and oxygen atoms in total. The van der Waals surface area contributed by atoms with Crippen LogP contribution in [-0.4, -0.2) is 31.6 Å². The van der Waals surface area contributed by atoms with Crippen LogP contribution >= 0.6 is 23.1 Å². The average Bonchev–Trinajstić information content (AvgIpc) is 3.37. The van der Waals surface area contributed by atoms with E-state index in [0.29, 0.717) is 22.4 Å². The fraction of sp³-hybridized carbons (Fsp3) is 0.524. The van der Waals surface area contributed by atoms with Crippen LogP contribution in [0.3, 0.4) is 0 Å². The van der Waals surface area contributed by atoms with Gasteiger partial charge >= 0.3 is 0 Å². The second-order valence-electron chi connectivity index (χ2n) is 8.90. The lowest BCUT2D eigenvalue weighted by Gasteiger charge is -2.33. The van der Waals surface area contributed by atoms with Crippen LogP contribution in [0.5, 0.6) is 0 Å². The highest BCUT2D eigenvalue weighted by Crippen LogP contribution is 2.42. The zero-order chi connectivity index (χ0) is 21.5. The number of thioether (sulfide) groups is 1. The van der Waals surface area contributed by atoms with Gasteiger partial charge in [0.2, 0.25) is 11.8 Å². The van der Waals surface area contributed by atoms with Gasteiger partial charge < -0.3 is 9.09 Å². The first-order valence-corrected chi connectivity index (χ1v) is 11.9. The number of fused-ring (bicyclic) bond motifs is 1. The summed E-state index contributed by atoms with van der Waals surface area (Å²) in [6, 6.07) is 3.97. The molecule has 0 spiro atoms. The Balaban J connectivity index is 1.42. The van der Waals surface area contributed by atoms with E-state index in [1.807, 2.05) is 23.0 Å². The molecule has 1 atom stereocenters. The Labute approximate surface area is 184 Å². The van der Waals surface area contributed by atoms with Crippen molar-refractivity contribution in [3.8, 4) is 10.7 Å². The van der Waals surface area contributed by atoms with Gasteiger partial charge in [0.25, 0.3) is 0 Å². The van der Waals surface area contributed by atoms with E-state index in [0.717, 1.165) is 29.2 Å². The Morgan fingerprint density at radius 1 is 1.37 bits per heavy atom. The van der Waals surface area contributed by atoms with Gasteiger partial charge in [0.1, 0.15) is 0 Å². The number of rotatable bonds is 5. The zero-order valence-corrected chi connectivity index (χ0v) is 19.6. The molecule has 0 aliphatic heterocycles. The number of hydrogen-bond donors (Lipinski definition) is 1. The Hall–Kier alpha value is -2.13. The predicted octanol–water partition coefficient (Wildman–Crippen LogP) is 4.72. The third kappa shape index (κ3) is 4.46. The summed E-state index contributed by atoms with van der Waals surface area (Å²) in [6.45, 7) is 8.81. The second-order valence-corrected chi connectivity index (χ2v) is 11.0. The van der Waals surface area contributed by atoms with E-state index in [1.165, 1.54) is 28.6 Å². The van der Waals surface area contributed by atoms with Gasteiger partial charge in [-0.2, -0.15) is 0 Å². The number of aromatic nitrogens is 4. The first-order valence-electron chi connectivity index (χ1n) is 10.1. The Bertz CT molecular complexity index is 1060. The van der Waals surface area contributed by atoms with Crippen LogP contribution in [0.1, 0.15) is 43.3 Å². The van der Waals surface area contributed by atoms with Gasteiger partial charge in [-0.15, -0.1) is 21.5 Å². The highest BCUT2D eigenvalue weighted by Gasteiger charge is 2.30.